The first-order valence-electron chi connectivity index (χ1n) is 9.92. The van der Waals surface area contributed by atoms with Gasteiger partial charge in [0.15, 0.2) is 0 Å². The van der Waals surface area contributed by atoms with E-state index in [4.69, 9.17) is 5.73 Å². The van der Waals surface area contributed by atoms with Gasteiger partial charge in [-0.3, -0.25) is 14.6 Å². The second-order valence-electron chi connectivity index (χ2n) is 7.40. The smallest absolute Gasteiger partial charge is 0.255 e. The van der Waals surface area contributed by atoms with Crippen LogP contribution in [0.5, 0.6) is 0 Å². The van der Waals surface area contributed by atoms with E-state index in [1.807, 2.05) is 19.1 Å². The Morgan fingerprint density at radius 1 is 1.11 bits per heavy atom. The molecule has 2 aromatic rings. The molecule has 1 saturated carbocycles. The van der Waals surface area contributed by atoms with Crippen LogP contribution in [0, 0.1) is 12.8 Å². The largest absolute Gasteiger partial charge is 0.348 e. The van der Waals surface area contributed by atoms with Crippen molar-refractivity contribution < 1.29 is 9.59 Å². The van der Waals surface area contributed by atoms with Gasteiger partial charge in [0.2, 0.25) is 0 Å². The molecule has 1 fully saturated rings. The summed E-state index contributed by atoms with van der Waals surface area (Å²) in [4.78, 5) is 29.5. The molecule has 1 heterocycles. The van der Waals surface area contributed by atoms with Gasteiger partial charge in [0.1, 0.15) is 0 Å². The molecule has 0 radical (unpaired) electrons. The molecular weight excluding hydrogens is 352 g/mol. The normalized spacial score (nSPS) is 15.6. The minimum atomic E-state index is -0.270. The molecule has 1 aliphatic carbocycles. The molecule has 3 rings (SSSR count). The van der Waals surface area contributed by atoms with Crippen LogP contribution in [0.2, 0.25) is 0 Å². The summed E-state index contributed by atoms with van der Waals surface area (Å²) in [6, 6.07) is 8.67. The zero-order chi connectivity index (χ0) is 19.9. The summed E-state index contributed by atoms with van der Waals surface area (Å²) >= 11 is 0. The molecule has 2 amide bonds. The highest BCUT2D eigenvalue weighted by Crippen LogP contribution is 2.27. The number of hydrogen-bond acceptors (Lipinski definition) is 4. The van der Waals surface area contributed by atoms with E-state index in [-0.39, 0.29) is 17.9 Å². The fourth-order valence-electron chi connectivity index (χ4n) is 3.86. The van der Waals surface area contributed by atoms with Gasteiger partial charge in [-0.05, 0) is 49.4 Å². The Hall–Kier alpha value is -2.73. The van der Waals surface area contributed by atoms with E-state index >= 15 is 0 Å². The highest BCUT2D eigenvalue weighted by molar-refractivity contribution is 6.09. The maximum Gasteiger partial charge on any atom is 0.255 e. The SMILES string of the molecule is Cc1cccc(C(=O)NC(CN)C2CCCCC2)c1NC(=O)c1ccncc1. The van der Waals surface area contributed by atoms with Crippen LogP contribution in [0.3, 0.4) is 0 Å². The predicted octanol–water partition coefficient (Wildman–Crippen LogP) is 3.28. The summed E-state index contributed by atoms with van der Waals surface area (Å²) in [6.07, 6.45) is 8.96. The van der Waals surface area contributed by atoms with Gasteiger partial charge >= 0.3 is 0 Å². The Kier molecular flexibility index (Phi) is 6.76. The summed E-state index contributed by atoms with van der Waals surface area (Å²) < 4.78 is 0. The molecule has 6 nitrogen and oxygen atoms in total. The molecule has 148 valence electrons. The number of anilines is 1. The van der Waals surface area contributed by atoms with Gasteiger partial charge in [-0.2, -0.15) is 0 Å². The van der Waals surface area contributed by atoms with Gasteiger partial charge in [-0.25, -0.2) is 0 Å². The zero-order valence-corrected chi connectivity index (χ0v) is 16.3. The fourth-order valence-corrected chi connectivity index (χ4v) is 3.86. The number of nitrogens with one attached hydrogen (secondary N) is 2. The lowest BCUT2D eigenvalue weighted by atomic mass is 9.83. The second-order valence-corrected chi connectivity index (χ2v) is 7.40. The van der Waals surface area contributed by atoms with Gasteiger partial charge in [-0.15, -0.1) is 0 Å². The van der Waals surface area contributed by atoms with Gasteiger partial charge in [0.05, 0.1) is 11.3 Å². The molecule has 6 heteroatoms. The molecule has 0 aliphatic heterocycles. The van der Waals surface area contributed by atoms with Crippen molar-refractivity contribution in [2.45, 2.75) is 45.1 Å². The average Bonchev–Trinajstić information content (AvgIpc) is 2.74. The molecule has 1 aromatic heterocycles. The number of rotatable bonds is 6. The monoisotopic (exact) mass is 380 g/mol. The standard InChI is InChI=1S/C22H28N4O2/c1-15-6-5-9-18(20(15)26-21(27)17-10-12-24-13-11-17)22(28)25-19(14-23)16-7-3-2-4-8-16/h5-6,9-13,16,19H,2-4,7-8,14,23H2,1H3,(H,25,28)(H,26,27). The summed E-state index contributed by atoms with van der Waals surface area (Å²) in [5.74, 6) is -0.0504. The topological polar surface area (TPSA) is 97.1 Å². The Balaban J connectivity index is 1.78. The quantitative estimate of drug-likeness (QED) is 0.716. The van der Waals surface area contributed by atoms with Gasteiger partial charge in [0, 0.05) is 30.5 Å². The van der Waals surface area contributed by atoms with Crippen LogP contribution in [0.25, 0.3) is 0 Å². The van der Waals surface area contributed by atoms with Crippen molar-refractivity contribution >= 4 is 17.5 Å². The molecule has 0 bridgehead atoms. The van der Waals surface area contributed by atoms with Crippen LogP contribution in [0.1, 0.15) is 58.4 Å². The number of benzene rings is 1. The Labute approximate surface area is 165 Å². The van der Waals surface area contributed by atoms with Crippen LogP contribution in [0.15, 0.2) is 42.7 Å². The number of hydrogen-bond donors (Lipinski definition) is 3. The predicted molar refractivity (Wildman–Crippen MR) is 110 cm³/mol. The summed E-state index contributed by atoms with van der Waals surface area (Å²) in [7, 11) is 0. The van der Waals surface area contributed by atoms with Gasteiger partial charge in [0.25, 0.3) is 11.8 Å². The fraction of sp³-hybridized carbons (Fsp3) is 0.409. The van der Waals surface area contributed by atoms with E-state index in [0.29, 0.717) is 29.3 Å². The highest BCUT2D eigenvalue weighted by atomic mass is 16.2. The van der Waals surface area contributed by atoms with Crippen molar-refractivity contribution in [3.05, 3.63) is 59.4 Å². The van der Waals surface area contributed by atoms with E-state index in [1.54, 1.807) is 30.6 Å². The number of pyridine rings is 1. The lowest BCUT2D eigenvalue weighted by molar-refractivity contribution is 0.0916. The number of para-hydroxylation sites is 1. The molecule has 1 aromatic carbocycles. The van der Waals surface area contributed by atoms with Crippen LogP contribution < -0.4 is 16.4 Å². The first-order valence-corrected chi connectivity index (χ1v) is 9.92. The number of nitrogens with two attached hydrogens (primary N) is 1. The van der Waals surface area contributed by atoms with E-state index < -0.39 is 0 Å². The highest BCUT2D eigenvalue weighted by Gasteiger charge is 2.25. The molecule has 0 saturated heterocycles. The molecule has 1 unspecified atom stereocenters. The minimum Gasteiger partial charge on any atom is -0.348 e. The Morgan fingerprint density at radius 2 is 1.82 bits per heavy atom. The molecular formula is C22H28N4O2. The van der Waals surface area contributed by atoms with E-state index in [1.165, 1.54) is 19.3 Å². The Morgan fingerprint density at radius 3 is 2.50 bits per heavy atom. The number of amides is 2. The third-order valence-electron chi connectivity index (χ3n) is 5.49. The van der Waals surface area contributed by atoms with Crippen molar-refractivity contribution in [2.24, 2.45) is 11.7 Å². The van der Waals surface area contributed by atoms with Gasteiger partial charge in [-0.1, -0.05) is 31.4 Å². The molecule has 1 atom stereocenters. The number of nitrogens with zero attached hydrogens (tertiary/aromatic N) is 1. The van der Waals surface area contributed by atoms with Crippen LogP contribution in [-0.4, -0.2) is 29.4 Å². The molecule has 28 heavy (non-hydrogen) atoms. The van der Waals surface area contributed by atoms with Crippen molar-refractivity contribution in [2.75, 3.05) is 11.9 Å². The van der Waals surface area contributed by atoms with E-state index in [0.717, 1.165) is 18.4 Å². The third-order valence-corrected chi connectivity index (χ3v) is 5.49. The van der Waals surface area contributed by atoms with Crippen LogP contribution in [-0.2, 0) is 0 Å². The van der Waals surface area contributed by atoms with Crippen molar-refractivity contribution in [3.8, 4) is 0 Å². The van der Waals surface area contributed by atoms with Crippen LogP contribution >= 0.6 is 0 Å². The zero-order valence-electron chi connectivity index (χ0n) is 16.3. The number of aromatic nitrogens is 1. The summed E-state index contributed by atoms with van der Waals surface area (Å²) in [6.45, 7) is 2.29. The number of carbonyl (C=O) groups is 2. The first kappa shape index (κ1) is 20.0. The van der Waals surface area contributed by atoms with Crippen LogP contribution in [0.4, 0.5) is 5.69 Å². The number of carbonyl (C=O) groups excluding carboxylic acids is 2. The second kappa shape index (κ2) is 9.46. The first-order chi connectivity index (χ1) is 13.6. The Bertz CT molecular complexity index is 817. The maximum absolute atomic E-state index is 13.0. The van der Waals surface area contributed by atoms with Crippen molar-refractivity contribution in [1.29, 1.82) is 0 Å². The molecule has 1 aliphatic rings. The summed E-state index contributed by atoms with van der Waals surface area (Å²) in [5.41, 5.74) is 8.27. The maximum atomic E-state index is 13.0. The van der Waals surface area contributed by atoms with Crippen molar-refractivity contribution in [3.63, 3.8) is 0 Å². The molecule has 0 spiro atoms. The van der Waals surface area contributed by atoms with E-state index in [9.17, 15) is 9.59 Å². The number of aryl methyl sites for hydroxylation is 1. The lowest BCUT2D eigenvalue weighted by Crippen LogP contribution is -2.46. The van der Waals surface area contributed by atoms with Gasteiger partial charge < -0.3 is 16.4 Å². The molecule has 4 N–H and O–H groups in total. The lowest BCUT2D eigenvalue weighted by Gasteiger charge is -2.30. The summed E-state index contributed by atoms with van der Waals surface area (Å²) in [5, 5.41) is 6.00. The van der Waals surface area contributed by atoms with Crippen molar-refractivity contribution in [1.82, 2.24) is 10.3 Å². The van der Waals surface area contributed by atoms with E-state index in [2.05, 4.69) is 15.6 Å². The minimum absolute atomic E-state index is 0.0444. The average molecular weight is 380 g/mol. The third kappa shape index (κ3) is 4.75.